The number of hydrogen-bond acceptors (Lipinski definition) is 6. The van der Waals surface area contributed by atoms with Crippen molar-refractivity contribution in [3.05, 3.63) is 36.0 Å². The van der Waals surface area contributed by atoms with Crippen molar-refractivity contribution in [2.75, 3.05) is 26.0 Å². The Kier molecular flexibility index (Phi) is 6.96. The molecule has 1 amide bonds. The molecule has 0 saturated carbocycles. The Balaban J connectivity index is 1.71. The second kappa shape index (κ2) is 9.45. The molecule has 2 heterocycles. The van der Waals surface area contributed by atoms with Crippen LogP contribution >= 0.6 is 11.8 Å². The van der Waals surface area contributed by atoms with Crippen LogP contribution in [-0.4, -0.2) is 48.0 Å². The number of benzene rings is 1. The number of carbonyl (C=O) groups is 1. The number of ether oxygens (including phenoxy) is 2. The van der Waals surface area contributed by atoms with Gasteiger partial charge in [0.15, 0.2) is 5.16 Å². The standard InChI is InChI=1S/C19H20F3N3O3S/c1-27-13-6-4-12(5-7-13)15-9-16(19(20,21)22)25-18(24-15)29-11-17(26)23-10-14-3-2-8-28-14/h4-7,9,14H,2-3,8,10-11H2,1H3,(H,23,26). The number of rotatable bonds is 7. The van der Waals surface area contributed by atoms with Crippen LogP contribution in [0.1, 0.15) is 18.5 Å². The predicted octanol–water partition coefficient (Wildman–Crippen LogP) is 3.56. The van der Waals surface area contributed by atoms with Crippen LogP contribution in [0.4, 0.5) is 13.2 Å². The molecule has 1 fully saturated rings. The molecule has 1 unspecified atom stereocenters. The lowest BCUT2D eigenvalue weighted by Gasteiger charge is -2.12. The van der Waals surface area contributed by atoms with E-state index in [0.717, 1.165) is 30.7 Å². The van der Waals surface area contributed by atoms with Crippen LogP contribution in [0.25, 0.3) is 11.3 Å². The monoisotopic (exact) mass is 427 g/mol. The molecule has 0 bridgehead atoms. The van der Waals surface area contributed by atoms with Gasteiger partial charge >= 0.3 is 6.18 Å². The van der Waals surface area contributed by atoms with E-state index in [1.54, 1.807) is 24.3 Å². The predicted molar refractivity (Wildman–Crippen MR) is 102 cm³/mol. The number of hydrogen-bond donors (Lipinski definition) is 1. The Labute approximate surface area is 170 Å². The highest BCUT2D eigenvalue weighted by Gasteiger charge is 2.34. The number of methoxy groups -OCH3 is 1. The molecule has 6 nitrogen and oxygen atoms in total. The Morgan fingerprint density at radius 3 is 2.69 bits per heavy atom. The lowest BCUT2D eigenvalue weighted by Crippen LogP contribution is -2.32. The van der Waals surface area contributed by atoms with Crippen molar-refractivity contribution < 1.29 is 27.4 Å². The van der Waals surface area contributed by atoms with Crippen molar-refractivity contribution in [3.63, 3.8) is 0 Å². The summed E-state index contributed by atoms with van der Waals surface area (Å²) in [5.41, 5.74) is -0.443. The summed E-state index contributed by atoms with van der Waals surface area (Å²) in [5.74, 6) is 0.185. The summed E-state index contributed by atoms with van der Waals surface area (Å²) < 4.78 is 50.3. The summed E-state index contributed by atoms with van der Waals surface area (Å²) in [6.07, 6.45) is -2.78. The fourth-order valence-electron chi connectivity index (χ4n) is 2.76. The smallest absolute Gasteiger partial charge is 0.433 e. The van der Waals surface area contributed by atoms with Crippen molar-refractivity contribution in [2.45, 2.75) is 30.3 Å². The van der Waals surface area contributed by atoms with Gasteiger partial charge in [-0.05, 0) is 43.2 Å². The summed E-state index contributed by atoms with van der Waals surface area (Å²) in [6, 6.07) is 7.39. The summed E-state index contributed by atoms with van der Waals surface area (Å²) in [4.78, 5) is 19.8. The molecule has 1 N–H and O–H groups in total. The first-order valence-electron chi connectivity index (χ1n) is 8.97. The summed E-state index contributed by atoms with van der Waals surface area (Å²) in [7, 11) is 1.50. The Morgan fingerprint density at radius 1 is 1.31 bits per heavy atom. The van der Waals surface area contributed by atoms with Gasteiger partial charge in [-0.25, -0.2) is 9.97 Å². The van der Waals surface area contributed by atoms with E-state index >= 15 is 0 Å². The van der Waals surface area contributed by atoms with E-state index < -0.39 is 11.9 Å². The fraction of sp³-hybridized carbons (Fsp3) is 0.421. The minimum Gasteiger partial charge on any atom is -0.497 e. The first kappa shape index (κ1) is 21.4. The molecule has 156 valence electrons. The summed E-state index contributed by atoms with van der Waals surface area (Å²) >= 11 is 0.858. The second-order valence-corrected chi connectivity index (χ2v) is 7.32. The topological polar surface area (TPSA) is 73.3 Å². The zero-order chi connectivity index (χ0) is 20.9. The van der Waals surface area contributed by atoms with Crippen LogP contribution in [0, 0.1) is 0 Å². The van der Waals surface area contributed by atoms with Crippen molar-refractivity contribution in [1.29, 1.82) is 0 Å². The van der Waals surface area contributed by atoms with Crippen molar-refractivity contribution in [1.82, 2.24) is 15.3 Å². The molecule has 1 aliphatic rings. The van der Waals surface area contributed by atoms with Crippen LogP contribution in [0.3, 0.4) is 0 Å². The van der Waals surface area contributed by atoms with E-state index in [0.29, 0.717) is 24.5 Å². The first-order chi connectivity index (χ1) is 13.8. The number of halogens is 3. The highest BCUT2D eigenvalue weighted by Crippen LogP contribution is 2.32. The molecule has 29 heavy (non-hydrogen) atoms. The number of thioether (sulfide) groups is 1. The van der Waals surface area contributed by atoms with Crippen LogP contribution in [-0.2, 0) is 15.7 Å². The molecule has 1 aromatic carbocycles. The number of carbonyl (C=O) groups excluding carboxylic acids is 1. The largest absolute Gasteiger partial charge is 0.497 e. The average Bonchev–Trinajstić information content (AvgIpc) is 3.23. The SMILES string of the molecule is COc1ccc(-c2cc(C(F)(F)F)nc(SCC(=O)NCC3CCCO3)n2)cc1. The fourth-order valence-corrected chi connectivity index (χ4v) is 3.45. The zero-order valence-electron chi connectivity index (χ0n) is 15.7. The lowest BCUT2D eigenvalue weighted by molar-refractivity contribution is -0.141. The van der Waals surface area contributed by atoms with E-state index in [1.165, 1.54) is 7.11 Å². The normalized spacial score (nSPS) is 16.6. The Bertz CT molecular complexity index is 841. The molecule has 0 aliphatic carbocycles. The van der Waals surface area contributed by atoms with Gasteiger partial charge in [0, 0.05) is 18.7 Å². The van der Waals surface area contributed by atoms with Crippen LogP contribution < -0.4 is 10.1 Å². The molecule has 0 radical (unpaired) electrons. The van der Waals surface area contributed by atoms with Gasteiger partial charge < -0.3 is 14.8 Å². The molecule has 1 aromatic heterocycles. The highest BCUT2D eigenvalue weighted by atomic mass is 32.2. The van der Waals surface area contributed by atoms with Gasteiger partial charge in [-0.15, -0.1) is 0 Å². The van der Waals surface area contributed by atoms with Crippen LogP contribution in [0.5, 0.6) is 5.75 Å². The summed E-state index contributed by atoms with van der Waals surface area (Å²) in [5, 5.41) is 2.61. The van der Waals surface area contributed by atoms with Gasteiger partial charge in [-0.3, -0.25) is 4.79 Å². The number of aromatic nitrogens is 2. The van der Waals surface area contributed by atoms with E-state index in [-0.39, 0.29) is 28.6 Å². The third kappa shape index (κ3) is 6.07. The lowest BCUT2D eigenvalue weighted by atomic mass is 10.1. The van der Waals surface area contributed by atoms with Gasteiger partial charge in [-0.1, -0.05) is 11.8 Å². The van der Waals surface area contributed by atoms with Crippen molar-refractivity contribution in [2.24, 2.45) is 0 Å². The summed E-state index contributed by atoms with van der Waals surface area (Å²) in [6.45, 7) is 1.07. The number of alkyl halides is 3. The quantitative estimate of drug-likeness (QED) is 0.538. The maximum absolute atomic E-state index is 13.3. The van der Waals surface area contributed by atoms with Crippen LogP contribution in [0.15, 0.2) is 35.5 Å². The molecule has 1 aliphatic heterocycles. The van der Waals surface area contributed by atoms with E-state index in [2.05, 4.69) is 15.3 Å². The van der Waals surface area contributed by atoms with Crippen LogP contribution in [0.2, 0.25) is 0 Å². The highest BCUT2D eigenvalue weighted by molar-refractivity contribution is 7.99. The molecular formula is C19H20F3N3O3S. The molecular weight excluding hydrogens is 407 g/mol. The molecule has 0 spiro atoms. The van der Waals surface area contributed by atoms with Gasteiger partial charge in [0.2, 0.25) is 5.91 Å². The Morgan fingerprint density at radius 2 is 2.07 bits per heavy atom. The molecule has 2 aromatic rings. The van der Waals surface area contributed by atoms with Gasteiger partial charge in [0.1, 0.15) is 11.4 Å². The van der Waals surface area contributed by atoms with Gasteiger partial charge in [-0.2, -0.15) is 13.2 Å². The van der Waals surface area contributed by atoms with E-state index in [4.69, 9.17) is 9.47 Å². The minimum atomic E-state index is -4.62. The second-order valence-electron chi connectivity index (χ2n) is 6.38. The van der Waals surface area contributed by atoms with Gasteiger partial charge in [0.05, 0.1) is 24.7 Å². The maximum atomic E-state index is 13.3. The third-order valence-corrected chi connectivity index (χ3v) is 5.11. The first-order valence-corrected chi connectivity index (χ1v) is 9.95. The maximum Gasteiger partial charge on any atom is 0.433 e. The number of nitrogens with zero attached hydrogens (tertiary/aromatic N) is 2. The van der Waals surface area contributed by atoms with E-state index in [9.17, 15) is 18.0 Å². The third-order valence-electron chi connectivity index (χ3n) is 4.27. The number of amides is 1. The average molecular weight is 427 g/mol. The molecule has 10 heteroatoms. The van der Waals surface area contributed by atoms with Crippen molar-refractivity contribution in [3.8, 4) is 17.0 Å². The minimum absolute atomic E-state index is 0.00423. The van der Waals surface area contributed by atoms with E-state index in [1.807, 2.05) is 0 Å². The molecule has 1 atom stereocenters. The molecule has 1 saturated heterocycles. The Hall–Kier alpha value is -2.33. The van der Waals surface area contributed by atoms with Gasteiger partial charge in [0.25, 0.3) is 0 Å². The van der Waals surface area contributed by atoms with Crippen molar-refractivity contribution >= 4 is 17.7 Å². The zero-order valence-corrected chi connectivity index (χ0v) is 16.5. The number of nitrogens with one attached hydrogen (secondary N) is 1. The molecule has 3 rings (SSSR count).